The lowest BCUT2D eigenvalue weighted by atomic mass is 10.2. The van der Waals surface area contributed by atoms with E-state index in [2.05, 4.69) is 56.0 Å². The number of hydrogen-bond donors (Lipinski definition) is 0. The standard InChI is InChI=1S/C12H19NOSSi/c1-10-7-6-8-12(9-10)15-11(2)13-14-16(3,4)5/h6-9H,1-5H3/b13-11+. The Morgan fingerprint density at radius 1 is 1.31 bits per heavy atom. The molecule has 1 aromatic carbocycles. The third-order valence-corrected chi connectivity index (χ3v) is 3.20. The molecule has 0 aromatic heterocycles. The van der Waals surface area contributed by atoms with Crippen LogP contribution in [0.3, 0.4) is 0 Å². The fraction of sp³-hybridized carbons (Fsp3) is 0.417. The molecule has 0 aliphatic heterocycles. The quantitative estimate of drug-likeness (QED) is 0.264. The molecule has 0 amide bonds. The highest BCUT2D eigenvalue weighted by Gasteiger charge is 2.15. The fourth-order valence-electron chi connectivity index (χ4n) is 1.07. The van der Waals surface area contributed by atoms with Gasteiger partial charge < -0.3 is 4.53 Å². The Hall–Kier alpha value is -0.743. The van der Waals surface area contributed by atoms with E-state index in [-0.39, 0.29) is 0 Å². The van der Waals surface area contributed by atoms with Crippen molar-refractivity contribution in [3.8, 4) is 0 Å². The van der Waals surface area contributed by atoms with Crippen LogP contribution in [0.1, 0.15) is 12.5 Å². The highest BCUT2D eigenvalue weighted by Crippen LogP contribution is 2.21. The van der Waals surface area contributed by atoms with Crippen molar-refractivity contribution in [3.05, 3.63) is 29.8 Å². The normalized spacial score (nSPS) is 12.7. The van der Waals surface area contributed by atoms with E-state index in [9.17, 15) is 0 Å². The summed E-state index contributed by atoms with van der Waals surface area (Å²) in [5.74, 6) is 0. The number of oxime groups is 1. The fourth-order valence-corrected chi connectivity index (χ4v) is 2.35. The van der Waals surface area contributed by atoms with Crippen molar-refractivity contribution < 1.29 is 4.53 Å². The van der Waals surface area contributed by atoms with Gasteiger partial charge in [0.2, 0.25) is 0 Å². The van der Waals surface area contributed by atoms with Crippen LogP contribution >= 0.6 is 11.8 Å². The maximum Gasteiger partial charge on any atom is 0.278 e. The number of hydrogen-bond acceptors (Lipinski definition) is 3. The topological polar surface area (TPSA) is 21.6 Å². The lowest BCUT2D eigenvalue weighted by Crippen LogP contribution is -2.22. The van der Waals surface area contributed by atoms with Gasteiger partial charge in [0.05, 0.1) is 0 Å². The van der Waals surface area contributed by atoms with Crippen molar-refractivity contribution in [1.29, 1.82) is 0 Å². The number of benzene rings is 1. The molecule has 0 radical (unpaired) electrons. The van der Waals surface area contributed by atoms with Crippen molar-refractivity contribution in [2.45, 2.75) is 38.4 Å². The van der Waals surface area contributed by atoms with Crippen LogP contribution in [-0.2, 0) is 4.53 Å². The van der Waals surface area contributed by atoms with Crippen molar-refractivity contribution in [1.82, 2.24) is 0 Å². The van der Waals surface area contributed by atoms with Gasteiger partial charge in [-0.25, -0.2) is 0 Å². The summed E-state index contributed by atoms with van der Waals surface area (Å²) in [4.78, 5) is 1.21. The van der Waals surface area contributed by atoms with Crippen molar-refractivity contribution in [2.24, 2.45) is 5.16 Å². The van der Waals surface area contributed by atoms with E-state index in [0.717, 1.165) is 5.04 Å². The van der Waals surface area contributed by atoms with Gasteiger partial charge in [-0.15, -0.1) is 0 Å². The van der Waals surface area contributed by atoms with Crippen LogP contribution in [0.5, 0.6) is 0 Å². The molecule has 4 heteroatoms. The van der Waals surface area contributed by atoms with Gasteiger partial charge in [0.25, 0.3) is 8.32 Å². The van der Waals surface area contributed by atoms with Gasteiger partial charge >= 0.3 is 0 Å². The zero-order chi connectivity index (χ0) is 12.2. The van der Waals surface area contributed by atoms with Crippen molar-refractivity contribution in [2.75, 3.05) is 0 Å². The molecule has 0 aliphatic rings. The van der Waals surface area contributed by atoms with E-state index in [0.29, 0.717) is 0 Å². The second-order valence-corrected chi connectivity index (χ2v) is 10.4. The monoisotopic (exact) mass is 253 g/mol. The maximum absolute atomic E-state index is 5.50. The highest BCUT2D eigenvalue weighted by atomic mass is 32.2. The average molecular weight is 253 g/mol. The molecule has 88 valence electrons. The SMILES string of the molecule is C/C(=N\O[Si](C)(C)C)Sc1cccc(C)c1. The second kappa shape index (κ2) is 5.55. The van der Waals surface area contributed by atoms with Crippen LogP contribution < -0.4 is 0 Å². The predicted octanol–water partition coefficient (Wildman–Crippen LogP) is 4.27. The molecule has 0 unspecified atom stereocenters. The summed E-state index contributed by atoms with van der Waals surface area (Å²) in [5.41, 5.74) is 1.27. The van der Waals surface area contributed by atoms with Crippen LogP contribution in [0.25, 0.3) is 0 Å². The van der Waals surface area contributed by atoms with Crippen LogP contribution in [0, 0.1) is 6.92 Å². The molecule has 0 fully saturated rings. The zero-order valence-corrected chi connectivity index (χ0v) is 12.4. The number of aryl methyl sites for hydroxylation is 1. The average Bonchev–Trinajstić information content (AvgIpc) is 2.14. The van der Waals surface area contributed by atoms with Gasteiger partial charge in [-0.3, -0.25) is 0 Å². The molecule has 0 bridgehead atoms. The summed E-state index contributed by atoms with van der Waals surface area (Å²) < 4.78 is 5.50. The first kappa shape index (κ1) is 13.3. The minimum absolute atomic E-state index is 0.952. The highest BCUT2D eigenvalue weighted by molar-refractivity contribution is 8.13. The molecule has 0 N–H and O–H groups in total. The summed E-state index contributed by atoms with van der Waals surface area (Å²) >= 11 is 1.65. The van der Waals surface area contributed by atoms with E-state index in [4.69, 9.17) is 4.53 Å². The van der Waals surface area contributed by atoms with E-state index in [1.807, 2.05) is 6.92 Å². The van der Waals surface area contributed by atoms with Gasteiger partial charge in [0.15, 0.2) is 0 Å². The predicted molar refractivity (Wildman–Crippen MR) is 74.6 cm³/mol. The number of nitrogens with zero attached hydrogens (tertiary/aromatic N) is 1. The van der Waals surface area contributed by atoms with Gasteiger partial charge in [-0.1, -0.05) is 34.6 Å². The molecular formula is C12H19NOSSi. The third kappa shape index (κ3) is 5.37. The Bertz CT molecular complexity index is 385. The number of thioether (sulfide) groups is 1. The van der Waals surface area contributed by atoms with E-state index < -0.39 is 8.32 Å². The van der Waals surface area contributed by atoms with Crippen molar-refractivity contribution >= 4 is 25.1 Å². The first-order valence-electron chi connectivity index (χ1n) is 5.34. The zero-order valence-electron chi connectivity index (χ0n) is 10.6. The maximum atomic E-state index is 5.50. The second-order valence-electron chi connectivity index (χ2n) is 4.73. The molecule has 0 spiro atoms. The smallest absolute Gasteiger partial charge is 0.278 e. The van der Waals surface area contributed by atoms with E-state index in [1.165, 1.54) is 10.5 Å². The first-order chi connectivity index (χ1) is 7.37. The summed E-state index contributed by atoms with van der Waals surface area (Å²) in [6, 6.07) is 8.39. The molecule has 2 nitrogen and oxygen atoms in total. The summed E-state index contributed by atoms with van der Waals surface area (Å²) in [5, 5.41) is 5.11. The molecule has 0 saturated heterocycles. The molecule has 16 heavy (non-hydrogen) atoms. The summed E-state index contributed by atoms with van der Waals surface area (Å²) in [6.45, 7) is 10.4. The molecule has 0 aliphatic carbocycles. The van der Waals surface area contributed by atoms with Crippen molar-refractivity contribution in [3.63, 3.8) is 0 Å². The van der Waals surface area contributed by atoms with E-state index >= 15 is 0 Å². The molecular weight excluding hydrogens is 234 g/mol. The molecule has 0 atom stereocenters. The molecule has 0 saturated carbocycles. The summed E-state index contributed by atoms with van der Waals surface area (Å²) in [7, 11) is -1.55. The lowest BCUT2D eigenvalue weighted by Gasteiger charge is -2.13. The minimum Gasteiger partial charge on any atom is -0.455 e. The van der Waals surface area contributed by atoms with Gasteiger partial charge in [0, 0.05) is 4.90 Å². The molecule has 1 aromatic rings. The Morgan fingerprint density at radius 2 is 2.00 bits per heavy atom. The molecule has 1 rings (SSSR count). The molecule has 0 heterocycles. The Balaban J connectivity index is 2.61. The largest absolute Gasteiger partial charge is 0.455 e. The lowest BCUT2D eigenvalue weighted by molar-refractivity contribution is 0.336. The van der Waals surface area contributed by atoms with Crippen LogP contribution in [0.4, 0.5) is 0 Å². The Kier molecular flexibility index (Phi) is 4.62. The van der Waals surface area contributed by atoms with Crippen LogP contribution in [0.2, 0.25) is 19.6 Å². The van der Waals surface area contributed by atoms with Gasteiger partial charge in [-0.05, 0) is 45.6 Å². The Morgan fingerprint density at radius 3 is 2.56 bits per heavy atom. The van der Waals surface area contributed by atoms with Crippen LogP contribution in [-0.4, -0.2) is 13.4 Å². The number of rotatable bonds is 3. The van der Waals surface area contributed by atoms with Crippen LogP contribution in [0.15, 0.2) is 34.3 Å². The minimum atomic E-state index is -1.55. The van der Waals surface area contributed by atoms with Gasteiger partial charge in [-0.2, -0.15) is 0 Å². The summed E-state index contributed by atoms with van der Waals surface area (Å²) in [6.07, 6.45) is 0. The van der Waals surface area contributed by atoms with E-state index in [1.54, 1.807) is 11.8 Å². The van der Waals surface area contributed by atoms with Gasteiger partial charge in [0.1, 0.15) is 5.04 Å². The third-order valence-electron chi connectivity index (χ3n) is 1.70. The first-order valence-corrected chi connectivity index (χ1v) is 9.56. The Labute approximate surface area is 103 Å².